The third kappa shape index (κ3) is 1.66. The fourth-order valence-electron chi connectivity index (χ4n) is 2.08. The van der Waals surface area contributed by atoms with E-state index < -0.39 is 0 Å². The molecule has 0 saturated heterocycles. The van der Waals surface area contributed by atoms with Crippen molar-refractivity contribution in [1.29, 1.82) is 0 Å². The first kappa shape index (κ1) is 9.98. The van der Waals surface area contributed by atoms with Crippen molar-refractivity contribution in [3.05, 3.63) is 5.82 Å². The van der Waals surface area contributed by atoms with Crippen molar-refractivity contribution in [3.8, 4) is 0 Å². The standard InChI is InChI=1S/C9H15N3OS/c1-14-9-11-10-8(6-13)12(9)7-4-2-3-5-7/h7,13H,2-6H2,1H3. The zero-order valence-electron chi connectivity index (χ0n) is 8.31. The van der Waals surface area contributed by atoms with Crippen molar-refractivity contribution in [2.75, 3.05) is 6.26 Å². The third-order valence-electron chi connectivity index (χ3n) is 2.75. The summed E-state index contributed by atoms with van der Waals surface area (Å²) in [7, 11) is 0. The molecule has 0 amide bonds. The van der Waals surface area contributed by atoms with E-state index in [0.717, 1.165) is 5.16 Å². The summed E-state index contributed by atoms with van der Waals surface area (Å²) >= 11 is 1.60. The topological polar surface area (TPSA) is 50.9 Å². The van der Waals surface area contributed by atoms with Crippen molar-refractivity contribution >= 4 is 11.8 Å². The van der Waals surface area contributed by atoms with E-state index in [-0.39, 0.29) is 6.61 Å². The van der Waals surface area contributed by atoms with Crippen molar-refractivity contribution in [2.24, 2.45) is 0 Å². The van der Waals surface area contributed by atoms with E-state index in [4.69, 9.17) is 5.11 Å². The molecule has 2 rings (SSSR count). The Balaban J connectivity index is 2.31. The minimum absolute atomic E-state index is 0.00986. The Labute approximate surface area is 87.7 Å². The summed E-state index contributed by atoms with van der Waals surface area (Å²) in [6.07, 6.45) is 6.94. The molecule has 0 aromatic carbocycles. The maximum atomic E-state index is 9.16. The van der Waals surface area contributed by atoms with E-state index in [1.54, 1.807) is 11.8 Å². The van der Waals surface area contributed by atoms with Crippen LogP contribution >= 0.6 is 11.8 Å². The molecule has 0 spiro atoms. The Bertz CT molecular complexity index is 286. The number of aliphatic hydroxyl groups is 1. The fraction of sp³-hybridized carbons (Fsp3) is 0.778. The van der Waals surface area contributed by atoms with Gasteiger partial charge < -0.3 is 9.67 Å². The molecule has 1 aromatic heterocycles. The summed E-state index contributed by atoms with van der Waals surface area (Å²) in [5.41, 5.74) is 0. The smallest absolute Gasteiger partial charge is 0.191 e. The lowest BCUT2D eigenvalue weighted by atomic mass is 10.2. The van der Waals surface area contributed by atoms with Crippen LogP contribution in [0.5, 0.6) is 0 Å². The summed E-state index contributed by atoms with van der Waals surface area (Å²) in [6, 6.07) is 0.509. The molecule has 5 heteroatoms. The van der Waals surface area contributed by atoms with Gasteiger partial charge in [-0.05, 0) is 19.1 Å². The summed E-state index contributed by atoms with van der Waals surface area (Å²) in [6.45, 7) is -0.00986. The zero-order valence-corrected chi connectivity index (χ0v) is 9.13. The fourth-order valence-corrected chi connectivity index (χ4v) is 2.66. The Morgan fingerprint density at radius 2 is 2.14 bits per heavy atom. The van der Waals surface area contributed by atoms with Gasteiger partial charge in [-0.15, -0.1) is 10.2 Å². The highest BCUT2D eigenvalue weighted by atomic mass is 32.2. The van der Waals surface area contributed by atoms with Crippen molar-refractivity contribution in [2.45, 2.75) is 43.5 Å². The number of aliphatic hydroxyl groups excluding tert-OH is 1. The van der Waals surface area contributed by atoms with Gasteiger partial charge in [0.25, 0.3) is 0 Å². The molecule has 1 fully saturated rings. The van der Waals surface area contributed by atoms with Gasteiger partial charge in [-0.1, -0.05) is 24.6 Å². The summed E-state index contributed by atoms with van der Waals surface area (Å²) < 4.78 is 2.11. The normalized spacial score (nSPS) is 17.9. The van der Waals surface area contributed by atoms with Gasteiger partial charge in [-0.2, -0.15) is 0 Å². The number of rotatable bonds is 3. The van der Waals surface area contributed by atoms with Crippen LogP contribution in [-0.2, 0) is 6.61 Å². The largest absolute Gasteiger partial charge is 0.388 e. The lowest BCUT2D eigenvalue weighted by Crippen LogP contribution is -2.10. The minimum Gasteiger partial charge on any atom is -0.388 e. The highest BCUT2D eigenvalue weighted by Gasteiger charge is 2.22. The Morgan fingerprint density at radius 3 is 2.71 bits per heavy atom. The molecule has 0 radical (unpaired) electrons. The summed E-state index contributed by atoms with van der Waals surface area (Å²) in [4.78, 5) is 0. The van der Waals surface area contributed by atoms with Gasteiger partial charge in [0.15, 0.2) is 11.0 Å². The predicted octanol–water partition coefficient (Wildman–Crippen LogP) is 1.61. The molecular formula is C9H15N3OS. The molecule has 0 unspecified atom stereocenters. The first-order valence-electron chi connectivity index (χ1n) is 4.95. The second-order valence-corrected chi connectivity index (χ2v) is 4.34. The second-order valence-electron chi connectivity index (χ2n) is 3.57. The van der Waals surface area contributed by atoms with Gasteiger partial charge in [0.1, 0.15) is 6.61 Å². The van der Waals surface area contributed by atoms with Gasteiger partial charge in [0, 0.05) is 6.04 Å². The van der Waals surface area contributed by atoms with E-state index >= 15 is 0 Å². The van der Waals surface area contributed by atoms with Gasteiger partial charge in [-0.3, -0.25) is 0 Å². The number of hydrogen-bond acceptors (Lipinski definition) is 4. The van der Waals surface area contributed by atoms with E-state index in [1.165, 1.54) is 25.7 Å². The molecule has 1 aliphatic rings. The molecule has 1 aliphatic carbocycles. The molecule has 0 aliphatic heterocycles. The highest BCUT2D eigenvalue weighted by molar-refractivity contribution is 7.98. The van der Waals surface area contributed by atoms with E-state index in [2.05, 4.69) is 14.8 Å². The van der Waals surface area contributed by atoms with Crippen molar-refractivity contribution in [3.63, 3.8) is 0 Å². The average molecular weight is 213 g/mol. The minimum atomic E-state index is -0.00986. The lowest BCUT2D eigenvalue weighted by molar-refractivity contribution is 0.258. The zero-order chi connectivity index (χ0) is 9.97. The number of hydrogen-bond donors (Lipinski definition) is 1. The SMILES string of the molecule is CSc1nnc(CO)n1C1CCCC1. The molecule has 0 atom stereocenters. The maximum absolute atomic E-state index is 9.16. The van der Waals surface area contributed by atoms with Crippen LogP contribution in [-0.4, -0.2) is 26.1 Å². The van der Waals surface area contributed by atoms with Crippen LogP contribution in [0, 0.1) is 0 Å². The highest BCUT2D eigenvalue weighted by Crippen LogP contribution is 2.33. The van der Waals surface area contributed by atoms with E-state index in [1.807, 2.05) is 6.26 Å². The van der Waals surface area contributed by atoms with Crippen molar-refractivity contribution in [1.82, 2.24) is 14.8 Å². The van der Waals surface area contributed by atoms with Crippen LogP contribution < -0.4 is 0 Å². The quantitative estimate of drug-likeness (QED) is 0.775. The van der Waals surface area contributed by atoms with E-state index in [0.29, 0.717) is 11.9 Å². The van der Waals surface area contributed by atoms with Gasteiger partial charge in [-0.25, -0.2) is 0 Å². The number of thioether (sulfide) groups is 1. The van der Waals surface area contributed by atoms with Crippen LogP contribution in [0.3, 0.4) is 0 Å². The van der Waals surface area contributed by atoms with Crippen LogP contribution in [0.25, 0.3) is 0 Å². The van der Waals surface area contributed by atoms with Gasteiger partial charge >= 0.3 is 0 Å². The second kappa shape index (κ2) is 4.31. The maximum Gasteiger partial charge on any atom is 0.191 e. The average Bonchev–Trinajstić information content (AvgIpc) is 2.85. The molecule has 1 heterocycles. The molecule has 1 aromatic rings. The third-order valence-corrected chi connectivity index (χ3v) is 3.39. The van der Waals surface area contributed by atoms with Crippen LogP contribution in [0.1, 0.15) is 37.5 Å². The van der Waals surface area contributed by atoms with Gasteiger partial charge in [0.05, 0.1) is 0 Å². The Hall–Kier alpha value is -0.550. The Morgan fingerprint density at radius 1 is 1.43 bits per heavy atom. The number of nitrogens with zero attached hydrogens (tertiary/aromatic N) is 3. The molecule has 4 nitrogen and oxygen atoms in total. The summed E-state index contributed by atoms with van der Waals surface area (Å²) in [5.74, 6) is 0.709. The Kier molecular flexibility index (Phi) is 3.08. The number of aromatic nitrogens is 3. The molecule has 1 N–H and O–H groups in total. The predicted molar refractivity (Wildman–Crippen MR) is 55.2 cm³/mol. The van der Waals surface area contributed by atoms with Crippen LogP contribution in [0.15, 0.2) is 5.16 Å². The molecule has 1 saturated carbocycles. The van der Waals surface area contributed by atoms with Gasteiger partial charge in [0.2, 0.25) is 0 Å². The lowest BCUT2D eigenvalue weighted by Gasteiger charge is -2.14. The summed E-state index contributed by atoms with van der Waals surface area (Å²) in [5, 5.41) is 18.1. The van der Waals surface area contributed by atoms with Crippen LogP contribution in [0.4, 0.5) is 0 Å². The molecular weight excluding hydrogens is 198 g/mol. The van der Waals surface area contributed by atoms with Crippen molar-refractivity contribution < 1.29 is 5.11 Å². The molecule has 14 heavy (non-hydrogen) atoms. The van der Waals surface area contributed by atoms with E-state index in [9.17, 15) is 0 Å². The monoisotopic (exact) mass is 213 g/mol. The van der Waals surface area contributed by atoms with Crippen LogP contribution in [0.2, 0.25) is 0 Å². The molecule has 0 bridgehead atoms. The molecule has 78 valence electrons. The first-order valence-corrected chi connectivity index (χ1v) is 6.18. The first-order chi connectivity index (χ1) is 6.86.